The van der Waals surface area contributed by atoms with Gasteiger partial charge in [0.2, 0.25) is 5.91 Å². The lowest BCUT2D eigenvalue weighted by Gasteiger charge is -2.30. The first-order chi connectivity index (χ1) is 9.49. The number of carbonyl (C=O) groups is 2. The minimum atomic E-state index is -0.857. The average Bonchev–Trinajstić information content (AvgIpc) is 2.84. The molecule has 110 valence electrons. The van der Waals surface area contributed by atoms with Gasteiger partial charge in [0.05, 0.1) is 12.1 Å². The van der Waals surface area contributed by atoms with E-state index in [9.17, 15) is 14.7 Å². The molecular formula is C13H20N4O3. The van der Waals surface area contributed by atoms with E-state index in [1.54, 1.807) is 24.1 Å². The molecule has 1 fully saturated rings. The van der Waals surface area contributed by atoms with E-state index in [1.165, 1.54) is 0 Å². The maximum Gasteiger partial charge on any atom is 0.308 e. The van der Waals surface area contributed by atoms with Crippen molar-refractivity contribution < 1.29 is 14.7 Å². The van der Waals surface area contributed by atoms with Gasteiger partial charge in [-0.3, -0.25) is 14.3 Å². The summed E-state index contributed by atoms with van der Waals surface area (Å²) in [4.78, 5) is 23.3. The van der Waals surface area contributed by atoms with Crippen LogP contribution < -0.4 is 11.1 Å². The van der Waals surface area contributed by atoms with Crippen molar-refractivity contribution in [1.29, 1.82) is 0 Å². The highest BCUT2D eigenvalue weighted by molar-refractivity contribution is 5.83. The van der Waals surface area contributed by atoms with Crippen LogP contribution in [0.25, 0.3) is 0 Å². The number of amides is 1. The molecule has 0 spiro atoms. The first-order valence-corrected chi connectivity index (χ1v) is 6.76. The van der Waals surface area contributed by atoms with Gasteiger partial charge in [-0.25, -0.2) is 0 Å². The standard InChI is InChI=1S/C13H20N4O3/c1-17-7-8(6-15-17)11(14)12(18)16-10-5-3-2-4-9(10)13(19)20/h6-7,9-11H,2-5,14H2,1H3,(H,16,18)(H,19,20). The molecule has 1 heterocycles. The van der Waals surface area contributed by atoms with E-state index in [2.05, 4.69) is 10.4 Å². The Morgan fingerprint density at radius 1 is 1.50 bits per heavy atom. The molecule has 1 aromatic heterocycles. The summed E-state index contributed by atoms with van der Waals surface area (Å²) < 4.78 is 1.57. The first kappa shape index (κ1) is 14.5. The Morgan fingerprint density at radius 3 is 2.80 bits per heavy atom. The lowest BCUT2D eigenvalue weighted by atomic mass is 9.84. The molecular weight excluding hydrogens is 260 g/mol. The second-order valence-electron chi connectivity index (χ2n) is 5.27. The zero-order valence-electron chi connectivity index (χ0n) is 11.5. The van der Waals surface area contributed by atoms with Crippen molar-refractivity contribution in [2.24, 2.45) is 18.7 Å². The molecule has 1 saturated carbocycles. The van der Waals surface area contributed by atoms with Gasteiger partial charge in [0.1, 0.15) is 6.04 Å². The van der Waals surface area contributed by atoms with Crippen molar-refractivity contribution in [3.8, 4) is 0 Å². The van der Waals surface area contributed by atoms with Gasteiger partial charge >= 0.3 is 5.97 Å². The van der Waals surface area contributed by atoms with Crippen LogP contribution in [0.5, 0.6) is 0 Å². The van der Waals surface area contributed by atoms with E-state index in [4.69, 9.17) is 5.73 Å². The third kappa shape index (κ3) is 3.16. The van der Waals surface area contributed by atoms with E-state index in [0.29, 0.717) is 18.4 Å². The molecule has 7 nitrogen and oxygen atoms in total. The third-order valence-electron chi connectivity index (χ3n) is 3.78. The molecule has 1 aromatic rings. The fourth-order valence-corrected chi connectivity index (χ4v) is 2.62. The van der Waals surface area contributed by atoms with E-state index in [1.807, 2.05) is 0 Å². The second-order valence-corrected chi connectivity index (χ2v) is 5.27. The summed E-state index contributed by atoms with van der Waals surface area (Å²) in [6.07, 6.45) is 6.32. The monoisotopic (exact) mass is 280 g/mol. The molecule has 0 bridgehead atoms. The van der Waals surface area contributed by atoms with Gasteiger partial charge in [0.25, 0.3) is 0 Å². The number of nitrogens with one attached hydrogen (secondary N) is 1. The first-order valence-electron chi connectivity index (χ1n) is 6.76. The maximum atomic E-state index is 12.1. The van der Waals surface area contributed by atoms with Gasteiger partial charge in [-0.15, -0.1) is 0 Å². The predicted molar refractivity (Wildman–Crippen MR) is 71.7 cm³/mol. The fraction of sp³-hybridized carbons (Fsp3) is 0.615. The van der Waals surface area contributed by atoms with Crippen molar-refractivity contribution in [3.05, 3.63) is 18.0 Å². The van der Waals surface area contributed by atoms with Crippen LogP contribution in [-0.4, -0.2) is 32.8 Å². The van der Waals surface area contributed by atoms with Crippen LogP contribution in [0.3, 0.4) is 0 Å². The summed E-state index contributed by atoms with van der Waals surface area (Å²) in [6.45, 7) is 0. The van der Waals surface area contributed by atoms with Gasteiger partial charge in [0.15, 0.2) is 0 Å². The minimum Gasteiger partial charge on any atom is -0.481 e. The second kappa shape index (κ2) is 6.04. The molecule has 7 heteroatoms. The Bertz CT molecular complexity index is 500. The Balaban J connectivity index is 2.00. The Labute approximate surface area is 117 Å². The molecule has 2 rings (SSSR count). The van der Waals surface area contributed by atoms with E-state index in [0.717, 1.165) is 12.8 Å². The van der Waals surface area contributed by atoms with E-state index < -0.39 is 17.9 Å². The van der Waals surface area contributed by atoms with Crippen LogP contribution in [0.15, 0.2) is 12.4 Å². The number of carboxylic acids is 1. The molecule has 1 aliphatic rings. The molecule has 1 aliphatic carbocycles. The number of hydrogen-bond acceptors (Lipinski definition) is 4. The number of nitrogens with zero attached hydrogens (tertiary/aromatic N) is 2. The fourth-order valence-electron chi connectivity index (χ4n) is 2.62. The number of rotatable bonds is 4. The highest BCUT2D eigenvalue weighted by atomic mass is 16.4. The molecule has 3 unspecified atom stereocenters. The van der Waals surface area contributed by atoms with Crippen molar-refractivity contribution >= 4 is 11.9 Å². The molecule has 20 heavy (non-hydrogen) atoms. The number of carbonyl (C=O) groups excluding carboxylic acids is 1. The number of nitrogens with two attached hydrogens (primary N) is 1. The molecule has 4 N–H and O–H groups in total. The topological polar surface area (TPSA) is 110 Å². The Morgan fingerprint density at radius 2 is 2.20 bits per heavy atom. The van der Waals surface area contributed by atoms with Gasteiger partial charge in [-0.05, 0) is 12.8 Å². The lowest BCUT2D eigenvalue weighted by molar-refractivity contribution is -0.144. The van der Waals surface area contributed by atoms with Crippen LogP contribution in [0.4, 0.5) is 0 Å². The molecule has 0 radical (unpaired) electrons. The van der Waals surface area contributed by atoms with Crippen LogP contribution in [-0.2, 0) is 16.6 Å². The SMILES string of the molecule is Cn1cc(C(N)C(=O)NC2CCCCC2C(=O)O)cn1. The van der Waals surface area contributed by atoms with Gasteiger partial charge < -0.3 is 16.2 Å². The largest absolute Gasteiger partial charge is 0.481 e. The van der Waals surface area contributed by atoms with Crippen molar-refractivity contribution in [2.75, 3.05) is 0 Å². The summed E-state index contributed by atoms with van der Waals surface area (Å²) in [6, 6.07) is -1.16. The summed E-state index contributed by atoms with van der Waals surface area (Å²) in [5.41, 5.74) is 6.50. The summed E-state index contributed by atoms with van der Waals surface area (Å²) in [5.74, 6) is -1.73. The van der Waals surface area contributed by atoms with Crippen LogP contribution in [0, 0.1) is 5.92 Å². The quantitative estimate of drug-likeness (QED) is 0.728. The smallest absolute Gasteiger partial charge is 0.308 e. The van der Waals surface area contributed by atoms with Gasteiger partial charge in [-0.1, -0.05) is 12.8 Å². The van der Waals surface area contributed by atoms with Crippen molar-refractivity contribution in [1.82, 2.24) is 15.1 Å². The number of aryl methyl sites for hydroxylation is 1. The number of hydrogen-bond donors (Lipinski definition) is 3. The lowest BCUT2D eigenvalue weighted by Crippen LogP contribution is -2.47. The van der Waals surface area contributed by atoms with E-state index >= 15 is 0 Å². The van der Waals surface area contributed by atoms with Gasteiger partial charge in [-0.2, -0.15) is 5.10 Å². The van der Waals surface area contributed by atoms with Gasteiger partial charge in [0, 0.05) is 24.8 Å². The van der Waals surface area contributed by atoms with Crippen molar-refractivity contribution in [3.63, 3.8) is 0 Å². The Hall–Kier alpha value is -1.89. The molecule has 1 amide bonds. The summed E-state index contributed by atoms with van der Waals surface area (Å²) >= 11 is 0. The minimum absolute atomic E-state index is 0.337. The Kier molecular flexibility index (Phi) is 4.39. The predicted octanol–water partition coefficient (Wildman–Crippen LogP) is 0.180. The highest BCUT2D eigenvalue weighted by Crippen LogP contribution is 2.25. The zero-order chi connectivity index (χ0) is 14.7. The molecule has 0 aromatic carbocycles. The average molecular weight is 280 g/mol. The number of carboxylic acid groups (broad SMARTS) is 1. The summed E-state index contributed by atoms with van der Waals surface area (Å²) in [7, 11) is 1.75. The summed E-state index contributed by atoms with van der Waals surface area (Å²) in [5, 5.41) is 15.9. The van der Waals surface area contributed by atoms with Crippen LogP contribution in [0.1, 0.15) is 37.3 Å². The van der Waals surface area contributed by atoms with Crippen molar-refractivity contribution in [2.45, 2.75) is 37.8 Å². The normalized spacial score (nSPS) is 24.1. The van der Waals surface area contributed by atoms with Crippen LogP contribution in [0.2, 0.25) is 0 Å². The van der Waals surface area contributed by atoms with E-state index in [-0.39, 0.29) is 11.9 Å². The molecule has 0 aliphatic heterocycles. The number of aromatic nitrogens is 2. The maximum absolute atomic E-state index is 12.1. The molecule has 3 atom stereocenters. The highest BCUT2D eigenvalue weighted by Gasteiger charge is 2.33. The van der Waals surface area contributed by atoms with Crippen LogP contribution >= 0.6 is 0 Å². The number of aliphatic carboxylic acids is 1. The zero-order valence-corrected chi connectivity index (χ0v) is 11.5. The molecule has 0 saturated heterocycles. The third-order valence-corrected chi connectivity index (χ3v) is 3.78.